The fraction of sp³-hybridized carbons (Fsp3) is 0.200. The van der Waals surface area contributed by atoms with Crippen LogP contribution >= 0.6 is 11.6 Å². The summed E-state index contributed by atoms with van der Waals surface area (Å²) in [6.07, 6.45) is -0.778. The fourth-order valence-electron chi connectivity index (χ4n) is 1.21. The van der Waals surface area contributed by atoms with Crippen molar-refractivity contribution in [3.05, 3.63) is 48.0 Å². The molecule has 9 heteroatoms. The van der Waals surface area contributed by atoms with E-state index in [4.69, 9.17) is 16.6 Å². The quantitative estimate of drug-likeness (QED) is 0.312. The molecule has 5 N–H and O–H groups in total. The third kappa shape index (κ3) is 9.62. The van der Waals surface area contributed by atoms with Crippen molar-refractivity contribution in [1.82, 2.24) is 0 Å². The van der Waals surface area contributed by atoms with Gasteiger partial charge in [-0.3, -0.25) is 0 Å². The molecule has 2 rings (SSSR count). The molecule has 0 amide bonds. The maximum Gasteiger partial charge on any atom is 0.228 e. The number of nitrogens with two attached hydrogens (primary N) is 2. The van der Waals surface area contributed by atoms with E-state index in [0.717, 1.165) is 12.1 Å². The SMILES string of the molecule is C.FCCl.Nc1ccc(F)cc1O.Nc1ccc(F)cc1OCF. The second-order valence-electron chi connectivity index (χ2n) is 3.74. The zero-order valence-corrected chi connectivity index (χ0v) is 12.5. The third-order valence-electron chi connectivity index (χ3n) is 2.18. The maximum absolute atomic E-state index is 12.4. The zero-order valence-electron chi connectivity index (χ0n) is 11.8. The molecule has 136 valence electrons. The molecule has 2 aromatic rings. The Morgan fingerprint density at radius 3 is 1.83 bits per heavy atom. The summed E-state index contributed by atoms with van der Waals surface area (Å²) in [5.74, 6) is -1.16. The number of hydrogen-bond acceptors (Lipinski definition) is 4. The molecule has 0 atom stereocenters. The van der Waals surface area contributed by atoms with Crippen LogP contribution in [0.5, 0.6) is 11.5 Å². The van der Waals surface area contributed by atoms with Gasteiger partial charge in [0, 0.05) is 12.1 Å². The smallest absolute Gasteiger partial charge is 0.228 e. The molecule has 0 heterocycles. The van der Waals surface area contributed by atoms with Crippen molar-refractivity contribution < 1.29 is 27.4 Å². The van der Waals surface area contributed by atoms with Crippen LogP contribution in [-0.4, -0.2) is 18.1 Å². The molecule has 0 saturated carbocycles. The molecule has 2 aromatic carbocycles. The number of aromatic hydroxyl groups is 1. The van der Waals surface area contributed by atoms with E-state index in [-0.39, 0.29) is 30.3 Å². The summed E-state index contributed by atoms with van der Waals surface area (Å²) in [7, 11) is 0. The van der Waals surface area contributed by atoms with E-state index in [2.05, 4.69) is 16.3 Å². The van der Waals surface area contributed by atoms with Crippen molar-refractivity contribution in [3.63, 3.8) is 0 Å². The molecule has 24 heavy (non-hydrogen) atoms. The number of anilines is 2. The lowest BCUT2D eigenvalue weighted by Gasteiger charge is -2.03. The number of nitrogen functional groups attached to an aromatic ring is 2. The predicted molar refractivity (Wildman–Crippen MR) is 88.5 cm³/mol. The Hall–Kier alpha value is -2.35. The van der Waals surface area contributed by atoms with Crippen molar-refractivity contribution in [3.8, 4) is 11.5 Å². The molecule has 0 radical (unpaired) electrons. The maximum atomic E-state index is 12.4. The van der Waals surface area contributed by atoms with E-state index in [1.807, 2.05) is 0 Å². The summed E-state index contributed by atoms with van der Waals surface area (Å²) in [5.41, 5.74) is 10.9. The van der Waals surface area contributed by atoms with Crippen LogP contribution in [-0.2, 0) is 0 Å². The molecule has 0 aliphatic heterocycles. The summed E-state index contributed by atoms with van der Waals surface area (Å²) in [4.78, 5) is 0. The monoisotopic (exact) mass is 370 g/mol. The first kappa shape index (κ1) is 23.9. The van der Waals surface area contributed by atoms with Crippen LogP contribution in [0.1, 0.15) is 7.43 Å². The fourth-order valence-corrected chi connectivity index (χ4v) is 1.21. The van der Waals surface area contributed by atoms with Crippen molar-refractivity contribution in [2.24, 2.45) is 0 Å². The highest BCUT2D eigenvalue weighted by molar-refractivity contribution is 6.16. The van der Waals surface area contributed by atoms with Crippen LogP contribution in [0.2, 0.25) is 0 Å². The van der Waals surface area contributed by atoms with Gasteiger partial charge < -0.3 is 21.3 Å². The molecule has 4 nitrogen and oxygen atoms in total. The lowest BCUT2D eigenvalue weighted by atomic mass is 10.3. The van der Waals surface area contributed by atoms with Crippen LogP contribution in [0.25, 0.3) is 0 Å². The predicted octanol–water partition coefficient (Wildman–Crippen LogP) is 4.62. The van der Waals surface area contributed by atoms with Gasteiger partial charge in [-0.1, -0.05) is 19.0 Å². The minimum atomic E-state index is -1.01. The van der Waals surface area contributed by atoms with Crippen LogP contribution in [0.4, 0.5) is 28.9 Å². The molecule has 0 unspecified atom stereocenters. The summed E-state index contributed by atoms with van der Waals surface area (Å²) in [6, 6.07) is 7.00. The van der Waals surface area contributed by atoms with Gasteiger partial charge >= 0.3 is 0 Å². The lowest BCUT2D eigenvalue weighted by Crippen LogP contribution is -1.96. The standard InChI is InChI=1S/C7H7F2NO.C6H6FNO.CH2ClF.CH4/c8-4-11-7-3-5(9)1-2-6(7)10;7-4-1-2-5(8)6(9)3-4;2-1-3;/h1-3H,4,10H2;1-3,9H,8H2;1H2;1H4. The average Bonchev–Trinajstić information content (AvgIpc) is 2.49. The van der Waals surface area contributed by atoms with Crippen molar-refractivity contribution in [2.45, 2.75) is 7.43 Å². The second-order valence-corrected chi connectivity index (χ2v) is 3.94. The van der Waals surface area contributed by atoms with Gasteiger partial charge in [-0.2, -0.15) is 0 Å². The van der Waals surface area contributed by atoms with Gasteiger partial charge in [-0.15, -0.1) is 0 Å². The van der Waals surface area contributed by atoms with Gasteiger partial charge in [0.1, 0.15) is 23.1 Å². The number of phenols is 1. The van der Waals surface area contributed by atoms with E-state index in [1.165, 1.54) is 24.3 Å². The Morgan fingerprint density at radius 2 is 1.42 bits per heavy atom. The number of ether oxygens (including phenoxy) is 1. The lowest BCUT2D eigenvalue weighted by molar-refractivity contribution is 0.192. The number of benzene rings is 2. The number of phenolic OH excluding ortho intramolecular Hbond substituents is 1. The van der Waals surface area contributed by atoms with Crippen molar-refractivity contribution >= 4 is 23.0 Å². The number of hydrogen-bond donors (Lipinski definition) is 3. The van der Waals surface area contributed by atoms with E-state index < -0.39 is 24.6 Å². The van der Waals surface area contributed by atoms with Crippen molar-refractivity contribution in [2.75, 3.05) is 24.5 Å². The van der Waals surface area contributed by atoms with E-state index in [9.17, 15) is 17.6 Å². The molecule has 0 aliphatic carbocycles. The normalized spacial score (nSPS) is 8.71. The van der Waals surface area contributed by atoms with E-state index >= 15 is 0 Å². The average molecular weight is 371 g/mol. The molecule has 0 spiro atoms. The van der Waals surface area contributed by atoms with Crippen molar-refractivity contribution in [1.29, 1.82) is 0 Å². The van der Waals surface area contributed by atoms with E-state index in [0.29, 0.717) is 0 Å². The minimum Gasteiger partial charge on any atom is -0.506 e. The molecule has 0 aliphatic rings. The first-order valence-corrected chi connectivity index (χ1v) is 6.48. The first-order valence-electron chi connectivity index (χ1n) is 5.95. The molecule has 0 aromatic heterocycles. The summed E-state index contributed by atoms with van der Waals surface area (Å²) in [6.45, 7) is -1.01. The highest BCUT2D eigenvalue weighted by Gasteiger charge is 2.00. The summed E-state index contributed by atoms with van der Waals surface area (Å²) >= 11 is 4.33. The Balaban J connectivity index is 0. The number of rotatable bonds is 2. The second kappa shape index (κ2) is 13.1. The zero-order chi connectivity index (χ0) is 17.8. The van der Waals surface area contributed by atoms with Crippen LogP contribution < -0.4 is 16.2 Å². The van der Waals surface area contributed by atoms with Gasteiger partial charge in [-0.25, -0.2) is 17.6 Å². The molecule has 0 bridgehead atoms. The topological polar surface area (TPSA) is 81.5 Å². The highest BCUT2D eigenvalue weighted by Crippen LogP contribution is 2.21. The number of alkyl halides is 3. The summed E-state index contributed by atoms with van der Waals surface area (Å²) in [5, 5.41) is 8.74. The van der Waals surface area contributed by atoms with Crippen LogP contribution in [0.15, 0.2) is 36.4 Å². The Bertz CT molecular complexity index is 604. The molecule has 0 fully saturated rings. The molecular weight excluding hydrogens is 352 g/mol. The Morgan fingerprint density at radius 1 is 0.958 bits per heavy atom. The minimum absolute atomic E-state index is 0. The first-order chi connectivity index (χ1) is 10.8. The number of halogens is 5. The summed E-state index contributed by atoms with van der Waals surface area (Å²) < 4.78 is 50.6. The highest BCUT2D eigenvalue weighted by atomic mass is 35.5. The van der Waals surface area contributed by atoms with Crippen LogP contribution in [0, 0.1) is 11.6 Å². The largest absolute Gasteiger partial charge is 0.506 e. The van der Waals surface area contributed by atoms with E-state index in [1.54, 1.807) is 0 Å². The van der Waals surface area contributed by atoms with Gasteiger partial charge in [0.15, 0.2) is 6.13 Å². The molecule has 0 saturated heterocycles. The Labute approximate surface area is 142 Å². The van der Waals surface area contributed by atoms with Gasteiger partial charge in [-0.05, 0) is 24.3 Å². The van der Waals surface area contributed by atoms with Gasteiger partial charge in [0.05, 0.1) is 11.4 Å². The van der Waals surface area contributed by atoms with Crippen LogP contribution in [0.3, 0.4) is 0 Å². The van der Waals surface area contributed by atoms with Gasteiger partial charge in [0.2, 0.25) is 6.86 Å². The van der Waals surface area contributed by atoms with Gasteiger partial charge in [0.25, 0.3) is 0 Å². The molecular formula is C15H19ClF4N2O2. The third-order valence-corrected chi connectivity index (χ3v) is 2.18. The Kier molecular flexibility index (Phi) is 13.1.